The van der Waals surface area contributed by atoms with E-state index in [1.165, 1.54) is 6.42 Å². The number of nitrogens with one attached hydrogen (secondary N) is 1. The first-order valence-corrected chi connectivity index (χ1v) is 8.17. The van der Waals surface area contributed by atoms with Crippen LogP contribution >= 0.6 is 11.6 Å². The van der Waals surface area contributed by atoms with E-state index in [-0.39, 0.29) is 5.91 Å². The van der Waals surface area contributed by atoms with Crippen LogP contribution in [-0.4, -0.2) is 29.0 Å². The Balaban J connectivity index is 1.81. The van der Waals surface area contributed by atoms with Gasteiger partial charge in [-0.25, -0.2) is 9.97 Å². The van der Waals surface area contributed by atoms with E-state index < -0.39 is 0 Å². The second kappa shape index (κ2) is 6.96. The summed E-state index contributed by atoms with van der Waals surface area (Å²) in [6.45, 7) is 3.77. The molecule has 2 aromatic rings. The number of hydrogen-bond acceptors (Lipinski definition) is 4. The topological polar surface area (TPSA) is 58.1 Å². The van der Waals surface area contributed by atoms with Crippen molar-refractivity contribution in [3.8, 4) is 0 Å². The zero-order valence-corrected chi connectivity index (χ0v) is 13.8. The summed E-state index contributed by atoms with van der Waals surface area (Å²) in [4.78, 5) is 23.5. The predicted molar refractivity (Wildman–Crippen MR) is 92.2 cm³/mol. The van der Waals surface area contributed by atoms with E-state index in [9.17, 15) is 4.79 Å². The van der Waals surface area contributed by atoms with Gasteiger partial charge in [-0.3, -0.25) is 4.79 Å². The fourth-order valence-corrected chi connectivity index (χ4v) is 2.86. The van der Waals surface area contributed by atoms with E-state index in [1.54, 1.807) is 30.3 Å². The van der Waals surface area contributed by atoms with Crippen molar-refractivity contribution in [3.05, 3.63) is 46.7 Å². The Kier molecular flexibility index (Phi) is 4.76. The van der Waals surface area contributed by atoms with Crippen LogP contribution in [0.3, 0.4) is 0 Å². The second-order valence-corrected chi connectivity index (χ2v) is 6.14. The summed E-state index contributed by atoms with van der Waals surface area (Å²) in [6, 6.07) is 8.76. The zero-order valence-electron chi connectivity index (χ0n) is 13.1. The molecule has 0 bridgehead atoms. The largest absolute Gasteiger partial charge is 0.341 e. The van der Waals surface area contributed by atoms with Crippen molar-refractivity contribution >= 4 is 29.1 Å². The highest BCUT2D eigenvalue weighted by Crippen LogP contribution is 2.18. The van der Waals surface area contributed by atoms with Gasteiger partial charge in [0, 0.05) is 29.5 Å². The van der Waals surface area contributed by atoms with Crippen LogP contribution in [0.4, 0.5) is 11.6 Å². The Labute approximate surface area is 140 Å². The van der Waals surface area contributed by atoms with Crippen LogP contribution in [0.15, 0.2) is 30.3 Å². The Hall–Kier alpha value is -2.14. The van der Waals surface area contributed by atoms with Gasteiger partial charge in [-0.2, -0.15) is 0 Å². The maximum absolute atomic E-state index is 12.4. The number of benzene rings is 1. The van der Waals surface area contributed by atoms with Crippen molar-refractivity contribution in [2.45, 2.75) is 26.2 Å². The van der Waals surface area contributed by atoms with Gasteiger partial charge in [0.15, 0.2) is 0 Å². The number of rotatable bonds is 3. The number of carbonyl (C=O) groups excluding carboxylic acids is 1. The van der Waals surface area contributed by atoms with Gasteiger partial charge in [0.25, 0.3) is 5.91 Å². The first-order valence-electron chi connectivity index (χ1n) is 7.79. The first kappa shape index (κ1) is 15.7. The molecule has 6 heteroatoms. The minimum atomic E-state index is -0.254. The van der Waals surface area contributed by atoms with E-state index in [0.717, 1.165) is 31.6 Å². The van der Waals surface area contributed by atoms with Gasteiger partial charge in [-0.15, -0.1) is 0 Å². The summed E-state index contributed by atoms with van der Waals surface area (Å²) in [5, 5.41) is 3.40. The average Bonchev–Trinajstić information content (AvgIpc) is 2.55. The fraction of sp³-hybridized carbons (Fsp3) is 0.353. The molecule has 1 aromatic heterocycles. The van der Waals surface area contributed by atoms with Crippen LogP contribution < -0.4 is 10.2 Å². The summed E-state index contributed by atoms with van der Waals surface area (Å²) >= 11 is 5.94. The Bertz CT molecular complexity index is 713. The maximum atomic E-state index is 12.4. The first-order chi connectivity index (χ1) is 11.1. The number of hydrogen-bond donors (Lipinski definition) is 1. The van der Waals surface area contributed by atoms with Crippen LogP contribution in [0.5, 0.6) is 0 Å². The van der Waals surface area contributed by atoms with Crippen molar-refractivity contribution in [1.29, 1.82) is 0 Å². The number of piperidine rings is 1. The lowest BCUT2D eigenvalue weighted by molar-refractivity contribution is 0.102. The Morgan fingerprint density at radius 1 is 1.17 bits per heavy atom. The highest BCUT2D eigenvalue weighted by Gasteiger charge is 2.17. The van der Waals surface area contributed by atoms with E-state index in [4.69, 9.17) is 11.6 Å². The quantitative estimate of drug-likeness (QED) is 0.932. The Morgan fingerprint density at radius 3 is 2.70 bits per heavy atom. The molecule has 5 nitrogen and oxygen atoms in total. The molecule has 1 aliphatic heterocycles. The van der Waals surface area contributed by atoms with Crippen molar-refractivity contribution < 1.29 is 4.79 Å². The monoisotopic (exact) mass is 330 g/mol. The minimum absolute atomic E-state index is 0.254. The number of aryl methyl sites for hydroxylation is 1. The van der Waals surface area contributed by atoms with Crippen molar-refractivity contribution in [3.63, 3.8) is 0 Å². The van der Waals surface area contributed by atoms with E-state index >= 15 is 0 Å². The van der Waals surface area contributed by atoms with Crippen molar-refractivity contribution in [2.75, 3.05) is 23.3 Å². The zero-order chi connectivity index (χ0) is 16.2. The average molecular weight is 331 g/mol. The molecule has 1 aliphatic rings. The van der Waals surface area contributed by atoms with E-state index in [0.29, 0.717) is 22.4 Å². The number of amides is 1. The van der Waals surface area contributed by atoms with Crippen LogP contribution in [-0.2, 0) is 0 Å². The van der Waals surface area contributed by atoms with Crippen molar-refractivity contribution in [1.82, 2.24) is 9.97 Å². The minimum Gasteiger partial charge on any atom is -0.341 e. The molecule has 3 rings (SSSR count). The number of anilines is 2. The molecule has 23 heavy (non-hydrogen) atoms. The molecule has 2 heterocycles. The molecule has 1 N–H and O–H groups in total. The third kappa shape index (κ3) is 3.99. The number of nitrogens with zero attached hydrogens (tertiary/aromatic N) is 3. The molecule has 120 valence electrons. The number of aromatic nitrogens is 2. The molecular formula is C17H19ClN4O. The van der Waals surface area contributed by atoms with Gasteiger partial charge in [0.2, 0.25) is 5.95 Å². The molecule has 1 saturated heterocycles. The van der Waals surface area contributed by atoms with Gasteiger partial charge in [0.1, 0.15) is 5.69 Å². The molecule has 1 aromatic carbocycles. The van der Waals surface area contributed by atoms with Crippen LogP contribution in [0.25, 0.3) is 0 Å². The number of halogens is 1. The lowest BCUT2D eigenvalue weighted by Gasteiger charge is -2.27. The fourth-order valence-electron chi connectivity index (χ4n) is 2.67. The summed E-state index contributed by atoms with van der Waals surface area (Å²) in [7, 11) is 0. The molecule has 1 fully saturated rings. The Morgan fingerprint density at radius 2 is 1.96 bits per heavy atom. The molecular weight excluding hydrogens is 312 g/mol. The third-order valence-electron chi connectivity index (χ3n) is 3.80. The van der Waals surface area contributed by atoms with Gasteiger partial charge in [0.05, 0.1) is 0 Å². The predicted octanol–water partition coefficient (Wildman–Crippen LogP) is 3.68. The van der Waals surface area contributed by atoms with Crippen molar-refractivity contribution in [2.24, 2.45) is 0 Å². The summed E-state index contributed by atoms with van der Waals surface area (Å²) in [5.41, 5.74) is 1.81. The summed E-state index contributed by atoms with van der Waals surface area (Å²) in [5.74, 6) is 0.386. The van der Waals surface area contributed by atoms with E-state index in [1.807, 2.05) is 6.92 Å². The second-order valence-electron chi connectivity index (χ2n) is 5.71. The normalized spacial score (nSPS) is 14.6. The third-order valence-corrected chi connectivity index (χ3v) is 4.03. The van der Waals surface area contributed by atoms with Gasteiger partial charge >= 0.3 is 0 Å². The molecule has 0 aliphatic carbocycles. The van der Waals surface area contributed by atoms with Gasteiger partial charge in [-0.1, -0.05) is 17.7 Å². The molecule has 0 atom stereocenters. The van der Waals surface area contributed by atoms with Crippen LogP contribution in [0.2, 0.25) is 5.02 Å². The van der Waals surface area contributed by atoms with Crippen LogP contribution in [0, 0.1) is 6.92 Å². The smallest absolute Gasteiger partial charge is 0.274 e. The molecule has 0 radical (unpaired) electrons. The van der Waals surface area contributed by atoms with Crippen LogP contribution in [0.1, 0.15) is 35.4 Å². The standard InChI is InChI=1S/C17H19ClN4O/c1-12-10-15(16(23)20-14-7-5-6-13(18)11-14)21-17(19-12)22-8-3-2-4-9-22/h5-7,10-11H,2-4,8-9H2,1H3,(H,20,23). The highest BCUT2D eigenvalue weighted by molar-refractivity contribution is 6.30. The van der Waals surface area contributed by atoms with Gasteiger partial charge in [-0.05, 0) is 50.5 Å². The SMILES string of the molecule is Cc1cc(C(=O)Nc2cccc(Cl)c2)nc(N2CCCCC2)n1. The molecule has 0 spiro atoms. The lowest BCUT2D eigenvalue weighted by Crippen LogP contribution is -2.31. The highest BCUT2D eigenvalue weighted by atomic mass is 35.5. The van der Waals surface area contributed by atoms with E-state index in [2.05, 4.69) is 20.2 Å². The summed E-state index contributed by atoms with van der Waals surface area (Å²) < 4.78 is 0. The summed E-state index contributed by atoms with van der Waals surface area (Å²) in [6.07, 6.45) is 3.52. The lowest BCUT2D eigenvalue weighted by atomic mass is 10.1. The maximum Gasteiger partial charge on any atom is 0.274 e. The number of carbonyl (C=O) groups is 1. The molecule has 0 saturated carbocycles. The van der Waals surface area contributed by atoms with Gasteiger partial charge < -0.3 is 10.2 Å². The molecule has 0 unspecified atom stereocenters. The molecule has 1 amide bonds.